The number of para-hydroxylation sites is 1. The lowest BCUT2D eigenvalue weighted by Gasteiger charge is -2.17. The van der Waals surface area contributed by atoms with Gasteiger partial charge >= 0.3 is 0 Å². The lowest BCUT2D eigenvalue weighted by Crippen LogP contribution is -2.29. The summed E-state index contributed by atoms with van der Waals surface area (Å²) < 4.78 is 33.1. The van der Waals surface area contributed by atoms with Crippen LogP contribution in [0.15, 0.2) is 35.5 Å². The molecular weight excluding hydrogens is 292 g/mol. The summed E-state index contributed by atoms with van der Waals surface area (Å²) in [5.74, 6) is 0.724. The van der Waals surface area contributed by atoms with E-state index in [2.05, 4.69) is 14.9 Å². The van der Waals surface area contributed by atoms with Gasteiger partial charge in [0.15, 0.2) is 0 Å². The van der Waals surface area contributed by atoms with E-state index in [0.717, 1.165) is 17.7 Å². The Kier molecular flexibility index (Phi) is 3.64. The Hall–Kier alpha value is -1.93. The summed E-state index contributed by atoms with van der Waals surface area (Å²) in [6, 6.07) is 7.15. The SMILES string of the molecule is Cn1ncc(S(=O)(=O)NC2CCCOc3ccccc32)n1. The van der Waals surface area contributed by atoms with Gasteiger partial charge in [-0.1, -0.05) is 18.2 Å². The third-order valence-electron chi connectivity index (χ3n) is 3.34. The van der Waals surface area contributed by atoms with E-state index in [1.54, 1.807) is 7.05 Å². The molecule has 0 bridgehead atoms. The predicted octanol–water partition coefficient (Wildman–Crippen LogP) is 1.01. The van der Waals surface area contributed by atoms with Crippen molar-refractivity contribution in [2.75, 3.05) is 6.61 Å². The zero-order valence-electron chi connectivity index (χ0n) is 11.6. The first-order valence-corrected chi connectivity index (χ1v) is 8.15. The number of aromatic nitrogens is 3. The van der Waals surface area contributed by atoms with Crippen LogP contribution >= 0.6 is 0 Å². The number of sulfonamides is 1. The van der Waals surface area contributed by atoms with Crippen molar-refractivity contribution >= 4 is 10.0 Å². The van der Waals surface area contributed by atoms with Crippen LogP contribution in [0.3, 0.4) is 0 Å². The Bertz CT molecular complexity index is 741. The molecule has 0 radical (unpaired) electrons. The normalized spacial score (nSPS) is 18.6. The van der Waals surface area contributed by atoms with Crippen molar-refractivity contribution < 1.29 is 13.2 Å². The van der Waals surface area contributed by atoms with Crippen molar-refractivity contribution in [2.45, 2.75) is 23.9 Å². The van der Waals surface area contributed by atoms with Gasteiger partial charge in [0.05, 0.1) is 18.8 Å². The van der Waals surface area contributed by atoms with Crippen molar-refractivity contribution in [1.82, 2.24) is 19.7 Å². The second-order valence-electron chi connectivity index (χ2n) is 4.87. The number of benzene rings is 1. The molecule has 2 heterocycles. The minimum Gasteiger partial charge on any atom is -0.493 e. The maximum absolute atomic E-state index is 12.4. The molecule has 7 nitrogen and oxygen atoms in total. The fourth-order valence-corrected chi connectivity index (χ4v) is 3.50. The Balaban J connectivity index is 1.91. The Morgan fingerprint density at radius 1 is 1.38 bits per heavy atom. The number of hydrogen-bond donors (Lipinski definition) is 1. The summed E-state index contributed by atoms with van der Waals surface area (Å²) in [6.07, 6.45) is 2.69. The van der Waals surface area contributed by atoms with Gasteiger partial charge in [-0.05, 0) is 18.9 Å². The molecule has 3 rings (SSSR count). The second kappa shape index (κ2) is 5.45. The van der Waals surface area contributed by atoms with E-state index in [1.165, 1.54) is 11.0 Å². The number of hydrogen-bond acceptors (Lipinski definition) is 5. The fourth-order valence-electron chi connectivity index (χ4n) is 2.35. The minimum absolute atomic E-state index is 0.0763. The molecule has 2 aromatic rings. The first-order valence-electron chi connectivity index (χ1n) is 6.67. The highest BCUT2D eigenvalue weighted by atomic mass is 32.2. The summed E-state index contributed by atoms with van der Waals surface area (Å²) in [6.45, 7) is 0.584. The summed E-state index contributed by atoms with van der Waals surface area (Å²) in [4.78, 5) is 1.22. The van der Waals surface area contributed by atoms with E-state index in [9.17, 15) is 8.42 Å². The zero-order chi connectivity index (χ0) is 14.9. The standard InChI is InChI=1S/C13H16N4O3S/c1-17-14-9-13(15-17)21(18,19)16-11-6-4-8-20-12-7-3-2-5-10(11)12/h2-3,5,7,9,11,16H,4,6,8H2,1H3. The van der Waals surface area contributed by atoms with Crippen LogP contribution in [-0.4, -0.2) is 30.0 Å². The summed E-state index contributed by atoms with van der Waals surface area (Å²) in [7, 11) is -2.12. The minimum atomic E-state index is -3.70. The quantitative estimate of drug-likeness (QED) is 0.914. The van der Waals surface area contributed by atoms with E-state index >= 15 is 0 Å². The number of aryl methyl sites for hydroxylation is 1. The highest BCUT2D eigenvalue weighted by Crippen LogP contribution is 2.32. The van der Waals surface area contributed by atoms with Crippen LogP contribution in [-0.2, 0) is 17.1 Å². The van der Waals surface area contributed by atoms with Crippen LogP contribution in [0.1, 0.15) is 24.4 Å². The van der Waals surface area contributed by atoms with Gasteiger partial charge in [0.1, 0.15) is 5.75 Å². The molecule has 0 amide bonds. The van der Waals surface area contributed by atoms with Crippen molar-refractivity contribution in [2.24, 2.45) is 7.05 Å². The average molecular weight is 308 g/mol. The van der Waals surface area contributed by atoms with Gasteiger partial charge < -0.3 is 4.74 Å². The molecule has 0 fully saturated rings. The van der Waals surface area contributed by atoms with Gasteiger partial charge in [0.25, 0.3) is 10.0 Å². The zero-order valence-corrected chi connectivity index (χ0v) is 12.4. The molecule has 1 aliphatic heterocycles. The highest BCUT2D eigenvalue weighted by molar-refractivity contribution is 7.89. The topological polar surface area (TPSA) is 86.1 Å². The third-order valence-corrected chi connectivity index (χ3v) is 4.67. The largest absolute Gasteiger partial charge is 0.493 e. The lowest BCUT2D eigenvalue weighted by atomic mass is 10.0. The molecule has 0 aliphatic carbocycles. The van der Waals surface area contributed by atoms with Gasteiger partial charge in [-0.2, -0.15) is 9.90 Å². The van der Waals surface area contributed by atoms with E-state index in [0.29, 0.717) is 13.0 Å². The molecular formula is C13H16N4O3S. The van der Waals surface area contributed by atoms with Gasteiger partial charge in [0, 0.05) is 12.6 Å². The predicted molar refractivity (Wildman–Crippen MR) is 75.2 cm³/mol. The molecule has 21 heavy (non-hydrogen) atoms. The molecule has 0 spiro atoms. The lowest BCUT2D eigenvalue weighted by molar-refractivity contribution is 0.316. The smallest absolute Gasteiger partial charge is 0.262 e. The van der Waals surface area contributed by atoms with E-state index in [4.69, 9.17) is 4.74 Å². The summed E-state index contributed by atoms with van der Waals surface area (Å²) in [5, 5.41) is 7.58. The number of fused-ring (bicyclic) bond motifs is 1. The van der Waals surface area contributed by atoms with Crippen LogP contribution in [0.5, 0.6) is 5.75 Å². The third kappa shape index (κ3) is 2.91. The molecule has 1 unspecified atom stereocenters. The molecule has 0 saturated carbocycles. The first kappa shape index (κ1) is 14.0. The van der Waals surface area contributed by atoms with Crippen LogP contribution in [0.25, 0.3) is 0 Å². The summed E-state index contributed by atoms with van der Waals surface area (Å²) >= 11 is 0. The maximum Gasteiger partial charge on any atom is 0.262 e. The van der Waals surface area contributed by atoms with E-state index < -0.39 is 10.0 Å². The monoisotopic (exact) mass is 308 g/mol. The van der Waals surface area contributed by atoms with Crippen LogP contribution < -0.4 is 9.46 Å². The molecule has 1 aliphatic rings. The Labute approximate surface area is 123 Å². The Morgan fingerprint density at radius 3 is 2.95 bits per heavy atom. The van der Waals surface area contributed by atoms with Crippen molar-refractivity contribution in [3.63, 3.8) is 0 Å². The van der Waals surface area contributed by atoms with Gasteiger partial charge in [-0.25, -0.2) is 13.1 Å². The summed E-state index contributed by atoms with van der Waals surface area (Å²) in [5.41, 5.74) is 0.850. The second-order valence-corrected chi connectivity index (χ2v) is 6.54. The van der Waals surface area contributed by atoms with Crippen molar-refractivity contribution in [3.8, 4) is 5.75 Å². The van der Waals surface area contributed by atoms with Crippen molar-refractivity contribution in [1.29, 1.82) is 0 Å². The maximum atomic E-state index is 12.4. The number of rotatable bonds is 3. The molecule has 112 valence electrons. The van der Waals surface area contributed by atoms with Crippen LogP contribution in [0, 0.1) is 0 Å². The molecule has 1 aromatic carbocycles. The van der Waals surface area contributed by atoms with Gasteiger partial charge in [-0.3, -0.25) is 0 Å². The van der Waals surface area contributed by atoms with Crippen LogP contribution in [0.4, 0.5) is 0 Å². The van der Waals surface area contributed by atoms with E-state index in [-0.39, 0.29) is 11.1 Å². The number of ether oxygens (including phenoxy) is 1. The molecule has 1 atom stereocenters. The van der Waals surface area contributed by atoms with E-state index in [1.807, 2.05) is 24.3 Å². The number of nitrogens with one attached hydrogen (secondary N) is 1. The van der Waals surface area contributed by atoms with Gasteiger partial charge in [0.2, 0.25) is 5.03 Å². The average Bonchev–Trinajstić information content (AvgIpc) is 2.80. The fraction of sp³-hybridized carbons (Fsp3) is 0.385. The number of nitrogens with zero attached hydrogens (tertiary/aromatic N) is 3. The molecule has 1 N–H and O–H groups in total. The van der Waals surface area contributed by atoms with Gasteiger partial charge in [-0.15, -0.1) is 5.10 Å². The molecule has 0 saturated heterocycles. The van der Waals surface area contributed by atoms with Crippen LogP contribution in [0.2, 0.25) is 0 Å². The molecule has 1 aromatic heterocycles. The highest BCUT2D eigenvalue weighted by Gasteiger charge is 2.27. The molecule has 8 heteroatoms. The Morgan fingerprint density at radius 2 is 2.19 bits per heavy atom. The van der Waals surface area contributed by atoms with Crippen molar-refractivity contribution in [3.05, 3.63) is 36.0 Å². The first-order chi connectivity index (χ1) is 10.1.